The van der Waals surface area contributed by atoms with Crippen molar-refractivity contribution in [2.75, 3.05) is 11.9 Å². The van der Waals surface area contributed by atoms with Gasteiger partial charge in [0.05, 0.1) is 11.3 Å². The first kappa shape index (κ1) is 23.9. The van der Waals surface area contributed by atoms with Crippen LogP contribution >= 0.6 is 0 Å². The number of carbonyl (C=O) groups is 3. The van der Waals surface area contributed by atoms with Crippen LogP contribution in [0.1, 0.15) is 47.7 Å². The maximum atomic E-state index is 14.3. The number of rotatable bonds is 7. The minimum absolute atomic E-state index is 0.0935. The molecule has 0 radical (unpaired) electrons. The molecule has 1 aliphatic carbocycles. The molecule has 0 unspecified atom stereocenters. The topological polar surface area (TPSA) is 105 Å². The quantitative estimate of drug-likeness (QED) is 0.436. The van der Waals surface area contributed by atoms with E-state index in [-0.39, 0.29) is 24.6 Å². The van der Waals surface area contributed by atoms with Gasteiger partial charge in [-0.3, -0.25) is 4.79 Å². The van der Waals surface area contributed by atoms with Crippen molar-refractivity contribution in [3.8, 4) is 11.1 Å². The molecule has 35 heavy (non-hydrogen) atoms. The van der Waals surface area contributed by atoms with E-state index in [0.717, 1.165) is 28.3 Å². The Morgan fingerprint density at radius 2 is 1.54 bits per heavy atom. The van der Waals surface area contributed by atoms with Crippen LogP contribution < -0.4 is 10.6 Å². The van der Waals surface area contributed by atoms with Gasteiger partial charge in [0.1, 0.15) is 6.61 Å². The number of hydrogen-bond acceptors (Lipinski definition) is 4. The van der Waals surface area contributed by atoms with Gasteiger partial charge in [-0.15, -0.1) is 0 Å². The van der Waals surface area contributed by atoms with Gasteiger partial charge in [-0.05, 0) is 48.2 Å². The molecule has 0 bridgehead atoms. The lowest BCUT2D eigenvalue weighted by molar-refractivity contribution is -0.117. The molecule has 3 aromatic carbocycles. The van der Waals surface area contributed by atoms with Crippen molar-refractivity contribution in [3.05, 3.63) is 89.2 Å². The van der Waals surface area contributed by atoms with Gasteiger partial charge < -0.3 is 20.5 Å². The number of alkyl carbamates (subject to hydrolysis) is 1. The van der Waals surface area contributed by atoms with Gasteiger partial charge in [0, 0.05) is 17.9 Å². The summed E-state index contributed by atoms with van der Waals surface area (Å²) in [6.45, 7) is 3.41. The number of halogens is 1. The summed E-state index contributed by atoms with van der Waals surface area (Å²) in [5.41, 5.74) is 2.62. The van der Waals surface area contributed by atoms with Gasteiger partial charge in [0.2, 0.25) is 5.91 Å². The summed E-state index contributed by atoms with van der Waals surface area (Å²) < 4.78 is 19.8. The molecule has 0 spiro atoms. The van der Waals surface area contributed by atoms with Crippen LogP contribution in [0, 0.1) is 5.82 Å². The molecule has 0 aliphatic heterocycles. The van der Waals surface area contributed by atoms with Crippen LogP contribution in [0.15, 0.2) is 66.7 Å². The number of fused-ring (bicyclic) bond motifs is 3. The molecule has 3 aromatic rings. The third-order valence-corrected chi connectivity index (χ3v) is 5.89. The number of aromatic carboxylic acids is 1. The lowest BCUT2D eigenvalue weighted by Gasteiger charge is -2.26. The molecule has 8 heteroatoms. The highest BCUT2D eigenvalue weighted by molar-refractivity contribution is 5.95. The molecule has 0 saturated heterocycles. The zero-order valence-corrected chi connectivity index (χ0v) is 19.3. The van der Waals surface area contributed by atoms with E-state index >= 15 is 0 Å². The Labute approximate surface area is 201 Å². The minimum atomic E-state index is -1.43. The van der Waals surface area contributed by atoms with Crippen molar-refractivity contribution in [1.82, 2.24) is 5.32 Å². The second-order valence-electron chi connectivity index (χ2n) is 9.03. The fraction of sp³-hybridized carbons (Fsp3) is 0.222. The number of benzene rings is 3. The van der Waals surface area contributed by atoms with Crippen molar-refractivity contribution in [1.29, 1.82) is 0 Å². The van der Waals surface area contributed by atoms with Crippen LogP contribution in [0.3, 0.4) is 0 Å². The van der Waals surface area contributed by atoms with Gasteiger partial charge in [-0.2, -0.15) is 0 Å². The van der Waals surface area contributed by atoms with Gasteiger partial charge in [0.25, 0.3) is 0 Å². The Kier molecular flexibility index (Phi) is 6.55. The standard InChI is InChI=1S/C27H25FN2O5/c1-27(2,14-23(31)29-22-13-7-12-20(24(22)28)25(32)33)30-26(34)35-15-21-18-10-5-3-8-16(18)17-9-4-6-11-19(17)21/h3-13,21H,14-15H2,1-2H3,(H,29,31)(H,30,34)(H,32,33). The molecule has 7 nitrogen and oxygen atoms in total. The van der Waals surface area contributed by atoms with Gasteiger partial charge >= 0.3 is 12.1 Å². The average molecular weight is 477 g/mol. The number of carboxylic acid groups (broad SMARTS) is 1. The van der Waals surface area contributed by atoms with E-state index in [1.54, 1.807) is 13.8 Å². The lowest BCUT2D eigenvalue weighted by atomic mass is 9.98. The monoisotopic (exact) mass is 476 g/mol. The van der Waals surface area contributed by atoms with Crippen molar-refractivity contribution in [3.63, 3.8) is 0 Å². The summed E-state index contributed by atoms with van der Waals surface area (Å²) in [6, 6.07) is 19.7. The maximum Gasteiger partial charge on any atom is 0.407 e. The molecule has 180 valence electrons. The van der Waals surface area contributed by atoms with Crippen LogP contribution in [0.4, 0.5) is 14.9 Å². The number of amides is 2. The van der Waals surface area contributed by atoms with Crippen molar-refractivity contribution >= 4 is 23.7 Å². The zero-order chi connectivity index (χ0) is 25.2. The fourth-order valence-corrected chi connectivity index (χ4v) is 4.34. The molecular weight excluding hydrogens is 451 g/mol. The number of carbonyl (C=O) groups excluding carboxylic acids is 2. The number of anilines is 1. The predicted molar refractivity (Wildman–Crippen MR) is 129 cm³/mol. The van der Waals surface area contributed by atoms with Gasteiger partial charge in [-0.1, -0.05) is 54.6 Å². The Morgan fingerprint density at radius 3 is 2.14 bits per heavy atom. The van der Waals surface area contributed by atoms with Crippen LogP contribution in [0.5, 0.6) is 0 Å². The molecule has 0 heterocycles. The third-order valence-electron chi connectivity index (χ3n) is 5.89. The summed E-state index contributed by atoms with van der Waals surface area (Å²) in [5, 5.41) is 14.1. The van der Waals surface area contributed by atoms with Gasteiger partial charge in [-0.25, -0.2) is 14.0 Å². The average Bonchev–Trinajstić information content (AvgIpc) is 3.12. The molecule has 0 saturated carbocycles. The Hall–Kier alpha value is -4.20. The molecule has 3 N–H and O–H groups in total. The smallest absolute Gasteiger partial charge is 0.407 e. The van der Waals surface area contributed by atoms with Crippen molar-refractivity contribution in [2.45, 2.75) is 31.7 Å². The summed E-state index contributed by atoms with van der Waals surface area (Å²) in [5.74, 6) is -3.15. The van der Waals surface area contributed by atoms with E-state index in [0.29, 0.717) is 0 Å². The molecule has 0 aromatic heterocycles. The number of nitrogens with one attached hydrogen (secondary N) is 2. The molecular formula is C27H25FN2O5. The van der Waals surface area contributed by atoms with E-state index < -0.39 is 34.9 Å². The predicted octanol–water partition coefficient (Wildman–Crippen LogP) is 5.17. The largest absolute Gasteiger partial charge is 0.478 e. The first-order chi connectivity index (χ1) is 16.7. The molecule has 1 aliphatic rings. The van der Waals surface area contributed by atoms with E-state index in [1.807, 2.05) is 48.5 Å². The molecule has 4 rings (SSSR count). The van der Waals surface area contributed by atoms with E-state index in [1.165, 1.54) is 12.1 Å². The highest BCUT2D eigenvalue weighted by Gasteiger charge is 2.30. The van der Waals surface area contributed by atoms with E-state index in [9.17, 15) is 18.8 Å². The number of carboxylic acids is 1. The lowest BCUT2D eigenvalue weighted by Crippen LogP contribution is -2.46. The summed E-state index contributed by atoms with van der Waals surface area (Å²) in [4.78, 5) is 36.1. The third kappa shape index (κ3) is 5.16. The summed E-state index contributed by atoms with van der Waals surface area (Å²) >= 11 is 0. The van der Waals surface area contributed by atoms with Crippen LogP contribution in [-0.2, 0) is 9.53 Å². The van der Waals surface area contributed by atoms with E-state index in [4.69, 9.17) is 9.84 Å². The van der Waals surface area contributed by atoms with Crippen LogP contribution in [-0.4, -0.2) is 35.2 Å². The zero-order valence-electron chi connectivity index (χ0n) is 19.3. The second kappa shape index (κ2) is 9.58. The second-order valence-corrected chi connectivity index (χ2v) is 9.03. The Balaban J connectivity index is 1.36. The van der Waals surface area contributed by atoms with Crippen molar-refractivity contribution in [2.24, 2.45) is 0 Å². The van der Waals surface area contributed by atoms with Crippen LogP contribution in [0.25, 0.3) is 11.1 Å². The molecule has 0 fully saturated rings. The highest BCUT2D eigenvalue weighted by Crippen LogP contribution is 2.44. The number of hydrogen-bond donors (Lipinski definition) is 3. The summed E-state index contributed by atoms with van der Waals surface area (Å²) in [6.07, 6.45) is -0.864. The first-order valence-electron chi connectivity index (χ1n) is 11.1. The minimum Gasteiger partial charge on any atom is -0.478 e. The normalized spacial score (nSPS) is 12.4. The van der Waals surface area contributed by atoms with Crippen molar-refractivity contribution < 1.29 is 28.6 Å². The maximum absolute atomic E-state index is 14.3. The van der Waals surface area contributed by atoms with Crippen LogP contribution in [0.2, 0.25) is 0 Å². The highest BCUT2D eigenvalue weighted by atomic mass is 19.1. The fourth-order valence-electron chi connectivity index (χ4n) is 4.34. The molecule has 0 atom stereocenters. The SMILES string of the molecule is CC(C)(CC(=O)Nc1cccc(C(=O)O)c1F)NC(=O)OCC1c2ccccc2-c2ccccc21. The number of ether oxygens (including phenoxy) is 1. The van der Waals surface area contributed by atoms with Gasteiger partial charge in [0.15, 0.2) is 5.82 Å². The molecule has 2 amide bonds. The first-order valence-corrected chi connectivity index (χ1v) is 11.1. The van der Waals surface area contributed by atoms with E-state index in [2.05, 4.69) is 10.6 Å². The Bertz CT molecular complexity index is 1260. The summed E-state index contributed by atoms with van der Waals surface area (Å²) in [7, 11) is 0. The Morgan fingerprint density at radius 1 is 0.943 bits per heavy atom.